The first kappa shape index (κ1) is 17.6. The molecule has 6 nitrogen and oxygen atoms in total. The fourth-order valence-corrected chi connectivity index (χ4v) is 2.85. The molecule has 0 aliphatic rings. The van der Waals surface area contributed by atoms with Gasteiger partial charge in [0.1, 0.15) is 17.3 Å². The molecule has 0 aliphatic heterocycles. The first-order valence-electron chi connectivity index (χ1n) is 8.63. The first-order valence-corrected chi connectivity index (χ1v) is 8.63. The van der Waals surface area contributed by atoms with Gasteiger partial charge in [-0.05, 0) is 53.2 Å². The van der Waals surface area contributed by atoms with E-state index in [-0.39, 0.29) is 11.6 Å². The second kappa shape index (κ2) is 7.44. The third-order valence-corrected chi connectivity index (χ3v) is 4.37. The van der Waals surface area contributed by atoms with Crippen LogP contribution in [-0.4, -0.2) is 19.3 Å². The summed E-state index contributed by atoms with van der Waals surface area (Å²) in [7, 11) is 3.24. The highest BCUT2D eigenvalue weighted by Crippen LogP contribution is 2.38. The number of benzene rings is 3. The lowest BCUT2D eigenvalue weighted by atomic mass is 10.1. The van der Waals surface area contributed by atoms with Crippen molar-refractivity contribution in [3.63, 3.8) is 0 Å². The molecule has 6 heteroatoms. The van der Waals surface area contributed by atoms with Gasteiger partial charge >= 0.3 is 5.95 Å². The summed E-state index contributed by atoms with van der Waals surface area (Å²) >= 11 is 0. The molecule has 3 aromatic carbocycles. The number of fused-ring (bicyclic) bond motifs is 1. The van der Waals surface area contributed by atoms with Crippen LogP contribution in [0.1, 0.15) is 0 Å². The molecular weight excluding hydrogens is 356 g/mol. The third-order valence-electron chi connectivity index (χ3n) is 4.37. The Kier molecular flexibility index (Phi) is 4.68. The van der Waals surface area contributed by atoms with Crippen LogP contribution in [-0.2, 0) is 0 Å². The van der Waals surface area contributed by atoms with E-state index in [0.717, 1.165) is 27.8 Å². The van der Waals surface area contributed by atoms with Crippen LogP contribution in [0, 0.1) is 0 Å². The van der Waals surface area contributed by atoms with Crippen molar-refractivity contribution in [1.82, 2.24) is 0 Å². The molecule has 28 heavy (non-hydrogen) atoms. The zero-order valence-electron chi connectivity index (χ0n) is 15.4. The van der Waals surface area contributed by atoms with Gasteiger partial charge in [0.25, 0.3) is 0 Å². The molecule has 0 radical (unpaired) electrons. The first-order chi connectivity index (χ1) is 13.7. The molecule has 1 aromatic heterocycles. The van der Waals surface area contributed by atoms with Gasteiger partial charge in [-0.3, -0.25) is 0 Å². The number of hydrogen-bond acceptors (Lipinski definition) is 6. The molecule has 140 valence electrons. The lowest BCUT2D eigenvalue weighted by Crippen LogP contribution is -1.82. The van der Waals surface area contributed by atoms with Crippen LogP contribution in [0.2, 0.25) is 0 Å². The maximum absolute atomic E-state index is 10.1. The van der Waals surface area contributed by atoms with Gasteiger partial charge in [-0.1, -0.05) is 18.2 Å². The van der Waals surface area contributed by atoms with Gasteiger partial charge in [0.15, 0.2) is 5.69 Å². The topological polar surface area (TPSA) is 76.6 Å². The van der Waals surface area contributed by atoms with E-state index >= 15 is 0 Å². The van der Waals surface area contributed by atoms with E-state index in [9.17, 15) is 5.11 Å². The average Bonchev–Trinajstić information content (AvgIpc) is 3.12. The molecule has 0 atom stereocenters. The van der Waals surface area contributed by atoms with Crippen molar-refractivity contribution in [2.75, 3.05) is 14.2 Å². The number of methoxy groups -OCH3 is 2. The lowest BCUT2D eigenvalue weighted by Gasteiger charge is -2.04. The molecule has 0 aliphatic carbocycles. The molecule has 0 fully saturated rings. The zero-order valence-corrected chi connectivity index (χ0v) is 15.4. The van der Waals surface area contributed by atoms with Gasteiger partial charge in [-0.25, -0.2) is 0 Å². The fourth-order valence-electron chi connectivity index (χ4n) is 2.85. The number of ether oxygens (including phenoxy) is 2. The smallest absolute Gasteiger partial charge is 0.311 e. The molecule has 4 aromatic rings. The number of furan rings is 1. The highest BCUT2D eigenvalue weighted by Gasteiger charge is 2.12. The van der Waals surface area contributed by atoms with Crippen molar-refractivity contribution in [1.29, 1.82) is 0 Å². The van der Waals surface area contributed by atoms with Gasteiger partial charge in [0, 0.05) is 11.6 Å². The molecule has 0 unspecified atom stereocenters. The van der Waals surface area contributed by atoms with Crippen molar-refractivity contribution >= 4 is 22.1 Å². The Morgan fingerprint density at radius 2 is 1.43 bits per heavy atom. The number of rotatable bonds is 5. The van der Waals surface area contributed by atoms with Crippen LogP contribution in [0.3, 0.4) is 0 Å². The van der Waals surface area contributed by atoms with Crippen LogP contribution in [0.15, 0.2) is 81.4 Å². The molecular formula is C22H18N2O4. The van der Waals surface area contributed by atoms with Crippen molar-refractivity contribution in [3.05, 3.63) is 66.7 Å². The quantitative estimate of drug-likeness (QED) is 0.420. The minimum atomic E-state index is -0.276. The summed E-state index contributed by atoms with van der Waals surface area (Å²) in [6.07, 6.45) is 0. The summed E-state index contributed by atoms with van der Waals surface area (Å²) < 4.78 is 15.8. The normalized spacial score (nSPS) is 11.2. The Morgan fingerprint density at radius 3 is 2.18 bits per heavy atom. The molecule has 0 saturated carbocycles. The summed E-state index contributed by atoms with van der Waals surface area (Å²) in [5.74, 6) is 1.78. The van der Waals surface area contributed by atoms with Crippen molar-refractivity contribution in [2.24, 2.45) is 10.2 Å². The maximum atomic E-state index is 10.1. The van der Waals surface area contributed by atoms with Gasteiger partial charge in [0.2, 0.25) is 0 Å². The minimum Gasteiger partial charge on any atom is -0.497 e. The fraction of sp³-hybridized carbons (Fsp3) is 0.0909. The van der Waals surface area contributed by atoms with Crippen LogP contribution in [0.4, 0.5) is 11.4 Å². The summed E-state index contributed by atoms with van der Waals surface area (Å²) in [5.41, 5.74) is 1.74. The molecule has 4 rings (SSSR count). The van der Waals surface area contributed by atoms with Crippen LogP contribution in [0.25, 0.3) is 22.1 Å². The van der Waals surface area contributed by atoms with Gasteiger partial charge in [-0.2, -0.15) is 5.11 Å². The SMILES string of the molecule is COc1ccc(N=Nc2cc(-c3ccc4cc(OC)ccc4c3)oc2O)cc1. The largest absolute Gasteiger partial charge is 0.497 e. The molecule has 0 bridgehead atoms. The number of azo groups is 1. The van der Waals surface area contributed by atoms with Crippen LogP contribution < -0.4 is 9.47 Å². The summed E-state index contributed by atoms with van der Waals surface area (Å²) in [6.45, 7) is 0. The predicted octanol–water partition coefficient (Wildman–Crippen LogP) is 6.24. The molecule has 1 heterocycles. The van der Waals surface area contributed by atoms with Gasteiger partial charge < -0.3 is 19.0 Å². The standard InChI is InChI=1S/C22H18N2O4/c1-26-18-9-6-17(7-10-18)23-24-20-13-21(28-22(20)25)16-4-3-15-12-19(27-2)8-5-14(15)11-16/h3-13,25H,1-2H3. The van der Waals surface area contributed by atoms with E-state index in [1.165, 1.54) is 0 Å². The molecule has 0 amide bonds. The Labute approximate surface area is 161 Å². The van der Waals surface area contributed by atoms with Crippen molar-refractivity contribution in [2.45, 2.75) is 0 Å². The molecule has 1 N–H and O–H groups in total. The van der Waals surface area contributed by atoms with Crippen molar-refractivity contribution < 1.29 is 19.0 Å². The molecule has 0 saturated heterocycles. The maximum Gasteiger partial charge on any atom is 0.311 e. The summed E-state index contributed by atoms with van der Waals surface area (Å²) in [5, 5.41) is 20.4. The highest BCUT2D eigenvalue weighted by molar-refractivity contribution is 5.88. The Bertz CT molecular complexity index is 1150. The number of aromatic hydroxyl groups is 1. The average molecular weight is 374 g/mol. The Balaban J connectivity index is 1.61. The Morgan fingerprint density at radius 1 is 0.750 bits per heavy atom. The zero-order chi connectivity index (χ0) is 19.5. The second-order valence-electron chi connectivity index (χ2n) is 6.13. The third kappa shape index (κ3) is 3.53. The molecule has 0 spiro atoms. The van der Waals surface area contributed by atoms with E-state index in [4.69, 9.17) is 13.9 Å². The van der Waals surface area contributed by atoms with Gasteiger partial charge in [-0.15, -0.1) is 5.11 Å². The van der Waals surface area contributed by atoms with Gasteiger partial charge in [0.05, 0.1) is 19.9 Å². The highest BCUT2D eigenvalue weighted by atomic mass is 16.5. The van der Waals surface area contributed by atoms with E-state index in [2.05, 4.69) is 10.2 Å². The summed E-state index contributed by atoms with van der Waals surface area (Å²) in [4.78, 5) is 0. The van der Waals surface area contributed by atoms with E-state index in [1.54, 1.807) is 44.6 Å². The second-order valence-corrected chi connectivity index (χ2v) is 6.13. The van der Waals surface area contributed by atoms with E-state index in [0.29, 0.717) is 11.4 Å². The predicted molar refractivity (Wildman–Crippen MR) is 107 cm³/mol. The van der Waals surface area contributed by atoms with E-state index in [1.807, 2.05) is 36.4 Å². The minimum absolute atomic E-state index is 0.264. The lowest BCUT2D eigenvalue weighted by molar-refractivity contribution is 0.339. The monoisotopic (exact) mass is 374 g/mol. The van der Waals surface area contributed by atoms with Crippen LogP contribution >= 0.6 is 0 Å². The number of hydrogen-bond donors (Lipinski definition) is 1. The van der Waals surface area contributed by atoms with E-state index < -0.39 is 0 Å². The van der Waals surface area contributed by atoms with Crippen LogP contribution in [0.5, 0.6) is 17.4 Å². The number of nitrogens with zero attached hydrogens (tertiary/aromatic N) is 2. The summed E-state index contributed by atoms with van der Waals surface area (Å²) in [6, 6.07) is 20.5. The Hall–Kier alpha value is -3.80. The van der Waals surface area contributed by atoms with Crippen molar-refractivity contribution in [3.8, 4) is 28.8 Å².